The molecule has 14 aromatic rings. The third-order valence-corrected chi connectivity index (χ3v) is 19.9. The predicted molar refractivity (Wildman–Crippen MR) is 315 cm³/mol. The Bertz CT molecular complexity index is 4220. The molecule has 0 N–H and O–H groups in total. The van der Waals surface area contributed by atoms with Gasteiger partial charge in [0.2, 0.25) is 0 Å². The lowest BCUT2D eigenvalue weighted by Crippen LogP contribution is -2.74. The average molecular weight is 961 g/mol. The molecule has 74 heavy (non-hydrogen) atoms. The van der Waals surface area contributed by atoms with Crippen molar-refractivity contribution in [2.45, 2.75) is 0 Å². The Morgan fingerprint density at radius 3 is 1.46 bits per heavy atom. The quantitative estimate of drug-likeness (QED) is 0.101. The molecule has 0 amide bonds. The number of benzene rings is 12. The Kier molecular flexibility index (Phi) is 10.5. The van der Waals surface area contributed by atoms with Crippen LogP contribution in [0, 0.1) is 0 Å². The van der Waals surface area contributed by atoms with Gasteiger partial charge in [0.15, 0.2) is 8.07 Å². The van der Waals surface area contributed by atoms with Gasteiger partial charge in [-0.1, -0.05) is 218 Å². The number of fused-ring (bicyclic) bond motifs is 8. The zero-order valence-corrected chi connectivity index (χ0v) is 41.5. The van der Waals surface area contributed by atoms with Crippen LogP contribution < -0.4 is 25.6 Å². The van der Waals surface area contributed by atoms with Crippen molar-refractivity contribution in [3.05, 3.63) is 291 Å². The highest BCUT2D eigenvalue weighted by molar-refractivity contribution is 7.19. The Hall–Kier alpha value is -9.48. The number of para-hydroxylation sites is 2. The summed E-state index contributed by atoms with van der Waals surface area (Å²) in [5.74, 6) is 0. The maximum atomic E-state index is 6.70. The van der Waals surface area contributed by atoms with Crippen molar-refractivity contribution in [1.29, 1.82) is 0 Å². The lowest BCUT2D eigenvalue weighted by atomic mass is 9.97. The second kappa shape index (κ2) is 18.0. The molecule has 0 saturated heterocycles. The van der Waals surface area contributed by atoms with Gasteiger partial charge in [0.25, 0.3) is 0 Å². The van der Waals surface area contributed by atoms with E-state index >= 15 is 0 Å². The van der Waals surface area contributed by atoms with Crippen LogP contribution in [0.2, 0.25) is 0 Å². The highest BCUT2D eigenvalue weighted by Crippen LogP contribution is 2.42. The van der Waals surface area contributed by atoms with E-state index in [2.05, 4.69) is 301 Å². The van der Waals surface area contributed by atoms with Crippen molar-refractivity contribution in [1.82, 2.24) is 4.57 Å². The second-order valence-corrected chi connectivity index (χ2v) is 23.0. The first-order chi connectivity index (χ1) is 36.7. The average Bonchev–Trinajstić information content (AvgIpc) is 4.04. The molecular weight excluding hydrogens is 913 g/mol. The van der Waals surface area contributed by atoms with Crippen molar-refractivity contribution in [3.63, 3.8) is 0 Å². The first-order valence-electron chi connectivity index (χ1n) is 25.4. The molecule has 12 aromatic carbocycles. The molecule has 0 saturated carbocycles. The van der Waals surface area contributed by atoms with Gasteiger partial charge in [-0.2, -0.15) is 0 Å². The smallest absolute Gasteiger partial charge is 0.179 e. The molecule has 3 nitrogen and oxygen atoms in total. The molecule has 0 bridgehead atoms. The number of hydrogen-bond acceptors (Lipinski definition) is 2. The molecule has 348 valence electrons. The number of aromatic nitrogens is 1. The largest absolute Gasteiger partial charge is 0.456 e. The molecule has 0 atom stereocenters. The molecule has 0 aliphatic heterocycles. The van der Waals surface area contributed by atoms with Gasteiger partial charge in [0.05, 0.1) is 11.0 Å². The van der Waals surface area contributed by atoms with Gasteiger partial charge < -0.3 is 13.9 Å². The second-order valence-electron chi connectivity index (χ2n) is 19.2. The van der Waals surface area contributed by atoms with Gasteiger partial charge in [-0.05, 0) is 121 Å². The lowest BCUT2D eigenvalue weighted by molar-refractivity contribution is 0.669. The fourth-order valence-electron chi connectivity index (χ4n) is 11.8. The molecule has 0 unspecified atom stereocenters. The number of nitrogens with zero attached hydrogens (tertiary/aromatic N) is 2. The molecular formula is C70H48N2OSi. The van der Waals surface area contributed by atoms with Crippen molar-refractivity contribution < 1.29 is 4.42 Å². The standard InChI is InChI=1S/C70H48N2OSi/c1-5-19-53(20-6-1)72-65-30-16-15-28-63(65)69-61(29-17-31-66(69)72)52-34-32-49(33-35-52)50-36-39-54(40-37-50)71(56-43-46-64-68(48-56)73-67-47-38-51-18-13-14-27-62(51)70(64)67)55-41-44-60(45-42-55)74(57-21-7-2-8-22-57,58-23-9-3-10-24-58)59-25-11-4-12-26-59/h1-48H. The van der Waals surface area contributed by atoms with Crippen LogP contribution >= 0.6 is 0 Å². The molecule has 0 aliphatic rings. The van der Waals surface area contributed by atoms with Crippen LogP contribution in [0.5, 0.6) is 0 Å². The first kappa shape index (κ1) is 43.3. The summed E-state index contributed by atoms with van der Waals surface area (Å²) in [6.45, 7) is 0. The van der Waals surface area contributed by atoms with Gasteiger partial charge in [-0.3, -0.25) is 0 Å². The Morgan fingerprint density at radius 2 is 0.811 bits per heavy atom. The maximum absolute atomic E-state index is 6.70. The third-order valence-electron chi connectivity index (χ3n) is 15.1. The van der Waals surface area contributed by atoms with E-state index in [0.29, 0.717) is 0 Å². The summed E-state index contributed by atoms with van der Waals surface area (Å²) < 4.78 is 9.08. The van der Waals surface area contributed by atoms with E-state index in [4.69, 9.17) is 4.42 Å². The summed E-state index contributed by atoms with van der Waals surface area (Å²) in [6.07, 6.45) is 0. The number of anilines is 3. The highest BCUT2D eigenvalue weighted by atomic mass is 28.3. The summed E-state index contributed by atoms with van der Waals surface area (Å²) >= 11 is 0. The maximum Gasteiger partial charge on any atom is 0.179 e. The summed E-state index contributed by atoms with van der Waals surface area (Å²) in [5, 5.41) is 12.5. The van der Waals surface area contributed by atoms with Crippen LogP contribution in [-0.2, 0) is 0 Å². The molecule has 2 aromatic heterocycles. The molecule has 14 rings (SSSR count). The van der Waals surface area contributed by atoms with Crippen LogP contribution in [0.15, 0.2) is 296 Å². The van der Waals surface area contributed by atoms with Crippen molar-refractivity contribution in [2.24, 2.45) is 0 Å². The van der Waals surface area contributed by atoms with Crippen molar-refractivity contribution in [3.8, 4) is 27.9 Å². The SMILES string of the molecule is c1ccc(-n2c3ccccc3c3c(-c4ccc(-c5ccc(N(c6ccc([Si](c7ccccc7)(c7ccccc7)c7ccccc7)cc6)c6ccc7c(c6)oc6ccc8ccccc8c67)cc5)cc4)cccc32)cc1. The fourth-order valence-corrected chi connectivity index (χ4v) is 16.6. The predicted octanol–water partition coefficient (Wildman–Crippen LogP) is 16.0. The van der Waals surface area contributed by atoms with E-state index in [-0.39, 0.29) is 0 Å². The normalized spacial score (nSPS) is 11.8. The van der Waals surface area contributed by atoms with Gasteiger partial charge in [-0.25, -0.2) is 0 Å². The van der Waals surface area contributed by atoms with Crippen LogP contribution in [0.25, 0.3) is 82.5 Å². The fraction of sp³-hybridized carbons (Fsp3) is 0. The lowest BCUT2D eigenvalue weighted by Gasteiger charge is -2.35. The van der Waals surface area contributed by atoms with Crippen LogP contribution in [0.4, 0.5) is 17.1 Å². The van der Waals surface area contributed by atoms with E-state index in [9.17, 15) is 0 Å². The van der Waals surface area contributed by atoms with E-state index in [1.165, 1.54) is 64.5 Å². The molecule has 0 radical (unpaired) electrons. The Labute approximate surface area is 431 Å². The highest BCUT2D eigenvalue weighted by Gasteiger charge is 2.41. The van der Waals surface area contributed by atoms with E-state index < -0.39 is 8.07 Å². The zero-order chi connectivity index (χ0) is 49.0. The summed E-state index contributed by atoms with van der Waals surface area (Å²) in [7, 11) is -2.74. The van der Waals surface area contributed by atoms with E-state index in [1.54, 1.807) is 0 Å². The molecule has 0 aliphatic carbocycles. The first-order valence-corrected chi connectivity index (χ1v) is 27.4. The Morgan fingerprint density at radius 1 is 0.311 bits per heavy atom. The van der Waals surface area contributed by atoms with E-state index in [1.807, 2.05) is 0 Å². The third kappa shape index (κ3) is 7.10. The van der Waals surface area contributed by atoms with Crippen molar-refractivity contribution in [2.75, 3.05) is 4.90 Å². The number of hydrogen-bond donors (Lipinski definition) is 0. The van der Waals surface area contributed by atoms with Gasteiger partial charge in [0.1, 0.15) is 11.2 Å². The minimum atomic E-state index is -2.74. The molecule has 0 fully saturated rings. The summed E-state index contributed by atoms with van der Waals surface area (Å²) in [4.78, 5) is 2.37. The molecule has 4 heteroatoms. The van der Waals surface area contributed by atoms with Crippen LogP contribution in [0.3, 0.4) is 0 Å². The minimum absolute atomic E-state index is 0.858. The van der Waals surface area contributed by atoms with Gasteiger partial charge in [-0.15, -0.1) is 0 Å². The van der Waals surface area contributed by atoms with Crippen molar-refractivity contribution >= 4 is 100 Å². The van der Waals surface area contributed by atoms with Crippen LogP contribution in [-0.4, -0.2) is 12.6 Å². The summed E-state index contributed by atoms with van der Waals surface area (Å²) in [5.41, 5.74) is 13.2. The minimum Gasteiger partial charge on any atom is -0.456 e. The topological polar surface area (TPSA) is 21.3 Å². The number of rotatable bonds is 10. The molecule has 0 spiro atoms. The van der Waals surface area contributed by atoms with Gasteiger partial charge >= 0.3 is 0 Å². The monoisotopic (exact) mass is 960 g/mol. The molecule has 2 heterocycles. The van der Waals surface area contributed by atoms with Gasteiger partial charge in [0, 0.05) is 50.4 Å². The van der Waals surface area contributed by atoms with E-state index in [0.717, 1.165) is 55.8 Å². The zero-order valence-electron chi connectivity index (χ0n) is 40.5. The Balaban J connectivity index is 0.872. The van der Waals surface area contributed by atoms with Crippen LogP contribution in [0.1, 0.15) is 0 Å². The summed E-state index contributed by atoms with van der Waals surface area (Å²) in [6, 6.07) is 106. The number of furan rings is 1.